The van der Waals surface area contributed by atoms with Gasteiger partial charge in [0.15, 0.2) is 0 Å². The van der Waals surface area contributed by atoms with Gasteiger partial charge in [-0.1, -0.05) is 0 Å². The Hall–Kier alpha value is -2.22. The molecule has 124 valence electrons. The number of esters is 1. The zero-order valence-corrected chi connectivity index (χ0v) is 14.2. The minimum atomic E-state index is -0.986. The van der Waals surface area contributed by atoms with E-state index in [1.807, 2.05) is 0 Å². The highest BCUT2D eigenvalue weighted by molar-refractivity contribution is 7.20. The summed E-state index contributed by atoms with van der Waals surface area (Å²) in [5.41, 5.74) is 0.198. The minimum absolute atomic E-state index is 0.0456. The number of hydrogen-bond donors (Lipinski definition) is 1. The smallest absolute Gasteiger partial charge is 0.348 e. The molecule has 1 N–H and O–H groups in total. The van der Waals surface area contributed by atoms with Gasteiger partial charge in [0.25, 0.3) is 5.56 Å². The molecule has 0 radical (unpaired) electrons. The van der Waals surface area contributed by atoms with Gasteiger partial charge in [0.2, 0.25) is 0 Å². The van der Waals surface area contributed by atoms with Crippen molar-refractivity contribution in [3.63, 3.8) is 0 Å². The number of fused-ring (bicyclic) bond motifs is 1. The third-order valence-corrected chi connectivity index (χ3v) is 4.48. The average Bonchev–Trinajstić information content (AvgIpc) is 2.74. The maximum Gasteiger partial charge on any atom is 0.348 e. The van der Waals surface area contributed by atoms with Crippen molar-refractivity contribution >= 4 is 33.5 Å². The van der Waals surface area contributed by atoms with Crippen molar-refractivity contribution in [3.8, 4) is 0 Å². The Bertz CT molecular complexity index is 834. The molecule has 0 saturated carbocycles. The molecule has 0 saturated heterocycles. The Morgan fingerprint density at radius 3 is 2.57 bits per heavy atom. The van der Waals surface area contributed by atoms with Crippen molar-refractivity contribution in [1.29, 1.82) is 0 Å². The third kappa shape index (κ3) is 3.42. The van der Waals surface area contributed by atoms with Gasteiger partial charge in [0.05, 0.1) is 17.9 Å². The molecule has 0 spiro atoms. The van der Waals surface area contributed by atoms with Crippen molar-refractivity contribution in [3.05, 3.63) is 26.6 Å². The first-order chi connectivity index (χ1) is 10.7. The molecule has 0 bridgehead atoms. The Balaban J connectivity index is 2.56. The number of aryl methyl sites for hydroxylation is 2. The molecule has 0 aliphatic rings. The van der Waals surface area contributed by atoms with E-state index in [4.69, 9.17) is 9.84 Å². The number of carbonyl (C=O) groups is 2. The second kappa shape index (κ2) is 6.49. The van der Waals surface area contributed by atoms with E-state index in [-0.39, 0.29) is 24.6 Å². The first kappa shape index (κ1) is 17.1. The summed E-state index contributed by atoms with van der Waals surface area (Å²) in [4.78, 5) is 40.6. The molecule has 8 heteroatoms. The number of carbonyl (C=O) groups excluding carboxylic acids is 1. The van der Waals surface area contributed by atoms with Crippen LogP contribution in [0.3, 0.4) is 0 Å². The summed E-state index contributed by atoms with van der Waals surface area (Å²) in [7, 11) is 0. The van der Waals surface area contributed by atoms with Crippen LogP contribution < -0.4 is 5.56 Å². The van der Waals surface area contributed by atoms with Crippen LogP contribution in [0.25, 0.3) is 10.2 Å². The van der Waals surface area contributed by atoms with Crippen molar-refractivity contribution < 1.29 is 19.4 Å². The van der Waals surface area contributed by atoms with Crippen molar-refractivity contribution in [2.75, 3.05) is 0 Å². The summed E-state index contributed by atoms with van der Waals surface area (Å²) in [6.45, 7) is 6.87. The number of carboxylic acid groups (broad SMARTS) is 1. The topological polar surface area (TPSA) is 98.5 Å². The predicted molar refractivity (Wildman–Crippen MR) is 86.2 cm³/mol. The predicted octanol–water partition coefficient (Wildman–Crippen LogP) is 2.11. The number of ether oxygens (including phenoxy) is 1. The lowest BCUT2D eigenvalue weighted by Gasteiger charge is -2.08. The first-order valence-corrected chi connectivity index (χ1v) is 7.97. The summed E-state index contributed by atoms with van der Waals surface area (Å²) in [6, 6.07) is 0. The third-order valence-electron chi connectivity index (χ3n) is 3.32. The molecular formula is C15H18N2O5S. The summed E-state index contributed by atoms with van der Waals surface area (Å²) in [5, 5.41) is 9.14. The summed E-state index contributed by atoms with van der Waals surface area (Å²) < 4.78 is 6.51. The van der Waals surface area contributed by atoms with E-state index in [1.54, 1.807) is 27.7 Å². The van der Waals surface area contributed by atoms with Crippen molar-refractivity contribution in [2.45, 2.75) is 46.8 Å². The molecule has 7 nitrogen and oxygen atoms in total. The van der Waals surface area contributed by atoms with Crippen LogP contribution in [0.2, 0.25) is 0 Å². The lowest BCUT2D eigenvalue weighted by Crippen LogP contribution is -2.25. The molecule has 0 unspecified atom stereocenters. The monoisotopic (exact) mass is 338 g/mol. The van der Waals surface area contributed by atoms with E-state index < -0.39 is 11.9 Å². The van der Waals surface area contributed by atoms with Crippen molar-refractivity contribution in [2.24, 2.45) is 0 Å². The fourth-order valence-electron chi connectivity index (χ4n) is 2.25. The highest BCUT2D eigenvalue weighted by Crippen LogP contribution is 2.28. The van der Waals surface area contributed by atoms with Crippen LogP contribution in [0.15, 0.2) is 4.79 Å². The van der Waals surface area contributed by atoms with E-state index in [9.17, 15) is 14.4 Å². The van der Waals surface area contributed by atoms with Crippen LogP contribution in [0.5, 0.6) is 0 Å². The van der Waals surface area contributed by atoms with Crippen LogP contribution in [0.4, 0.5) is 0 Å². The Morgan fingerprint density at radius 1 is 1.35 bits per heavy atom. The quantitative estimate of drug-likeness (QED) is 0.839. The zero-order chi connectivity index (χ0) is 17.3. The van der Waals surface area contributed by atoms with Gasteiger partial charge in [-0.05, 0) is 33.3 Å². The number of thiophene rings is 1. The van der Waals surface area contributed by atoms with Crippen LogP contribution in [0.1, 0.15) is 41.3 Å². The Kier molecular flexibility index (Phi) is 4.84. The van der Waals surface area contributed by atoms with Gasteiger partial charge in [-0.25, -0.2) is 9.78 Å². The molecular weight excluding hydrogens is 320 g/mol. The largest absolute Gasteiger partial charge is 0.481 e. The lowest BCUT2D eigenvalue weighted by atomic mass is 10.2. The van der Waals surface area contributed by atoms with Crippen molar-refractivity contribution in [1.82, 2.24) is 9.55 Å². The highest BCUT2D eigenvalue weighted by atomic mass is 32.1. The molecule has 0 aliphatic carbocycles. The van der Waals surface area contributed by atoms with Gasteiger partial charge in [-0.2, -0.15) is 0 Å². The molecule has 0 aliphatic heterocycles. The number of nitrogens with zero attached hydrogens (tertiary/aromatic N) is 2. The van der Waals surface area contributed by atoms with E-state index in [1.165, 1.54) is 4.57 Å². The molecule has 2 aromatic heterocycles. The van der Waals surface area contributed by atoms with Gasteiger partial charge in [0, 0.05) is 6.54 Å². The SMILES string of the molecule is Cc1c(C(=O)OC(C)C)sc2nc(C)n(CCC(=O)O)c(=O)c12. The average molecular weight is 338 g/mol. The maximum atomic E-state index is 12.6. The zero-order valence-electron chi connectivity index (χ0n) is 13.4. The maximum absolute atomic E-state index is 12.6. The number of aromatic nitrogens is 2. The summed E-state index contributed by atoms with van der Waals surface area (Å²) in [5.74, 6) is -1.04. The van der Waals surface area contributed by atoms with E-state index in [2.05, 4.69) is 4.98 Å². The second-order valence-electron chi connectivity index (χ2n) is 5.45. The van der Waals surface area contributed by atoms with Crippen LogP contribution >= 0.6 is 11.3 Å². The summed E-state index contributed by atoms with van der Waals surface area (Å²) >= 11 is 1.12. The molecule has 2 heterocycles. The fourth-order valence-corrected chi connectivity index (χ4v) is 3.35. The van der Waals surface area contributed by atoms with Crippen LogP contribution in [-0.4, -0.2) is 32.7 Å². The lowest BCUT2D eigenvalue weighted by molar-refractivity contribution is -0.137. The minimum Gasteiger partial charge on any atom is -0.481 e. The molecule has 0 atom stereocenters. The molecule has 0 aromatic carbocycles. The molecule has 23 heavy (non-hydrogen) atoms. The Morgan fingerprint density at radius 2 is 2.00 bits per heavy atom. The number of rotatable bonds is 5. The summed E-state index contributed by atoms with van der Waals surface area (Å²) in [6.07, 6.45) is -0.423. The molecule has 0 amide bonds. The van der Waals surface area contributed by atoms with E-state index >= 15 is 0 Å². The molecule has 2 rings (SSSR count). The van der Waals surface area contributed by atoms with Gasteiger partial charge < -0.3 is 9.84 Å². The second-order valence-corrected chi connectivity index (χ2v) is 6.45. The van der Waals surface area contributed by atoms with Crippen LogP contribution in [-0.2, 0) is 16.1 Å². The normalized spacial score (nSPS) is 11.2. The van der Waals surface area contributed by atoms with Gasteiger partial charge in [0.1, 0.15) is 15.5 Å². The van der Waals surface area contributed by atoms with Gasteiger partial charge in [-0.3, -0.25) is 14.2 Å². The number of carboxylic acids is 1. The van der Waals surface area contributed by atoms with Gasteiger partial charge in [-0.15, -0.1) is 11.3 Å². The van der Waals surface area contributed by atoms with Crippen LogP contribution in [0, 0.1) is 13.8 Å². The molecule has 2 aromatic rings. The van der Waals surface area contributed by atoms with Gasteiger partial charge >= 0.3 is 11.9 Å². The highest BCUT2D eigenvalue weighted by Gasteiger charge is 2.22. The standard InChI is InChI=1S/C15H18N2O5S/c1-7(2)22-15(21)12-8(3)11-13(23-12)16-9(4)17(14(11)20)6-5-10(18)19/h7H,5-6H2,1-4H3,(H,18,19). The van der Waals surface area contributed by atoms with E-state index in [0.717, 1.165) is 11.3 Å². The van der Waals surface area contributed by atoms with E-state index in [0.29, 0.717) is 26.5 Å². The number of aliphatic carboxylic acids is 1. The first-order valence-electron chi connectivity index (χ1n) is 7.15. The number of hydrogen-bond acceptors (Lipinski definition) is 6. The fraction of sp³-hybridized carbons (Fsp3) is 0.467. The molecule has 0 fully saturated rings. The Labute approximate surface area is 136 Å².